The standard InChI is InChI=1S/C11H15N/c1-4-12-8-11-9(2)6-5-7-10(11)3/h5-8H,4H2,1-3H3. The third-order valence-electron chi connectivity index (χ3n) is 1.95. The van der Waals surface area contributed by atoms with Gasteiger partial charge < -0.3 is 0 Å². The monoisotopic (exact) mass is 161 g/mol. The van der Waals surface area contributed by atoms with E-state index in [1.807, 2.05) is 13.1 Å². The van der Waals surface area contributed by atoms with E-state index in [0.717, 1.165) is 6.54 Å². The zero-order valence-corrected chi connectivity index (χ0v) is 7.96. The molecule has 64 valence electrons. The van der Waals surface area contributed by atoms with Crippen molar-refractivity contribution in [2.45, 2.75) is 20.8 Å². The molecule has 0 heterocycles. The first-order valence-electron chi connectivity index (χ1n) is 4.31. The van der Waals surface area contributed by atoms with Gasteiger partial charge in [-0.3, -0.25) is 4.99 Å². The van der Waals surface area contributed by atoms with Crippen molar-refractivity contribution in [1.29, 1.82) is 0 Å². The zero-order valence-electron chi connectivity index (χ0n) is 7.96. The molecule has 0 aromatic heterocycles. The van der Waals surface area contributed by atoms with Crippen LogP contribution in [0.25, 0.3) is 0 Å². The number of nitrogens with zero attached hydrogens (tertiary/aromatic N) is 1. The molecule has 0 radical (unpaired) electrons. The highest BCUT2D eigenvalue weighted by Gasteiger charge is 1.96. The van der Waals surface area contributed by atoms with Gasteiger partial charge in [0.15, 0.2) is 0 Å². The Morgan fingerprint density at radius 2 is 1.83 bits per heavy atom. The summed E-state index contributed by atoms with van der Waals surface area (Å²) in [5.41, 5.74) is 3.86. The molecule has 1 aromatic rings. The molecule has 0 aliphatic carbocycles. The lowest BCUT2D eigenvalue weighted by atomic mass is 10.0. The average Bonchev–Trinajstić information content (AvgIpc) is 2.04. The number of hydrogen-bond donors (Lipinski definition) is 0. The molecule has 12 heavy (non-hydrogen) atoms. The number of rotatable bonds is 2. The summed E-state index contributed by atoms with van der Waals surface area (Å²) in [6.45, 7) is 7.13. The fourth-order valence-electron chi connectivity index (χ4n) is 1.21. The Morgan fingerprint density at radius 3 is 2.33 bits per heavy atom. The van der Waals surface area contributed by atoms with E-state index >= 15 is 0 Å². The number of aryl methyl sites for hydroxylation is 2. The van der Waals surface area contributed by atoms with Gasteiger partial charge in [0.25, 0.3) is 0 Å². The van der Waals surface area contributed by atoms with E-state index in [0.29, 0.717) is 0 Å². The fraction of sp³-hybridized carbons (Fsp3) is 0.364. The minimum absolute atomic E-state index is 0.855. The predicted molar refractivity (Wildman–Crippen MR) is 54.1 cm³/mol. The maximum Gasteiger partial charge on any atom is 0.0361 e. The van der Waals surface area contributed by atoms with E-state index in [-0.39, 0.29) is 0 Å². The van der Waals surface area contributed by atoms with Crippen molar-refractivity contribution in [3.63, 3.8) is 0 Å². The van der Waals surface area contributed by atoms with Crippen LogP contribution in [0.3, 0.4) is 0 Å². The Hall–Kier alpha value is -1.11. The minimum Gasteiger partial charge on any atom is -0.293 e. The van der Waals surface area contributed by atoms with Gasteiger partial charge in [0.2, 0.25) is 0 Å². The first-order valence-corrected chi connectivity index (χ1v) is 4.31. The van der Waals surface area contributed by atoms with Crippen LogP contribution in [0.1, 0.15) is 23.6 Å². The molecule has 0 saturated carbocycles. The molecule has 1 rings (SSSR count). The van der Waals surface area contributed by atoms with Gasteiger partial charge in [0, 0.05) is 12.8 Å². The van der Waals surface area contributed by atoms with Crippen molar-refractivity contribution in [2.24, 2.45) is 4.99 Å². The summed E-state index contributed by atoms with van der Waals surface area (Å²) in [7, 11) is 0. The Kier molecular flexibility index (Phi) is 3.03. The quantitative estimate of drug-likeness (QED) is 0.591. The molecular weight excluding hydrogens is 146 g/mol. The van der Waals surface area contributed by atoms with Gasteiger partial charge in [0.05, 0.1) is 0 Å². The molecule has 0 amide bonds. The van der Waals surface area contributed by atoms with Crippen molar-refractivity contribution in [2.75, 3.05) is 6.54 Å². The van der Waals surface area contributed by atoms with Crippen molar-refractivity contribution in [1.82, 2.24) is 0 Å². The van der Waals surface area contributed by atoms with E-state index in [4.69, 9.17) is 0 Å². The molecular formula is C11H15N. The summed E-state index contributed by atoms with van der Waals surface area (Å²) in [5.74, 6) is 0. The van der Waals surface area contributed by atoms with Gasteiger partial charge >= 0.3 is 0 Å². The average molecular weight is 161 g/mol. The molecule has 0 N–H and O–H groups in total. The Balaban J connectivity index is 3.04. The summed E-state index contributed by atoms with van der Waals surface area (Å²) in [6, 6.07) is 6.31. The van der Waals surface area contributed by atoms with Crippen LogP contribution in [0, 0.1) is 13.8 Å². The van der Waals surface area contributed by atoms with E-state index in [9.17, 15) is 0 Å². The SMILES string of the molecule is CCN=Cc1c(C)cccc1C. The highest BCUT2D eigenvalue weighted by atomic mass is 14.7. The molecule has 1 nitrogen and oxygen atoms in total. The summed E-state index contributed by atoms with van der Waals surface area (Å²) in [4.78, 5) is 4.24. The van der Waals surface area contributed by atoms with Crippen LogP contribution in [-0.2, 0) is 0 Å². The third kappa shape index (κ3) is 1.94. The summed E-state index contributed by atoms with van der Waals surface area (Å²) in [5, 5.41) is 0. The van der Waals surface area contributed by atoms with Gasteiger partial charge in [-0.1, -0.05) is 18.2 Å². The van der Waals surface area contributed by atoms with Crippen LogP contribution >= 0.6 is 0 Å². The molecule has 0 atom stereocenters. The Bertz CT molecular complexity index is 267. The first-order chi connectivity index (χ1) is 5.75. The normalized spacial score (nSPS) is 10.9. The molecule has 1 heteroatoms. The number of benzene rings is 1. The largest absolute Gasteiger partial charge is 0.293 e. The lowest BCUT2D eigenvalue weighted by molar-refractivity contribution is 1.14. The molecule has 0 fully saturated rings. The third-order valence-corrected chi connectivity index (χ3v) is 1.95. The van der Waals surface area contributed by atoms with Crippen LogP contribution in [0.5, 0.6) is 0 Å². The van der Waals surface area contributed by atoms with Crippen LogP contribution < -0.4 is 0 Å². The van der Waals surface area contributed by atoms with E-state index in [1.165, 1.54) is 16.7 Å². The molecule has 0 saturated heterocycles. The van der Waals surface area contributed by atoms with Gasteiger partial charge in [-0.05, 0) is 37.5 Å². The van der Waals surface area contributed by atoms with Gasteiger partial charge in [0.1, 0.15) is 0 Å². The Morgan fingerprint density at radius 1 is 1.25 bits per heavy atom. The van der Waals surface area contributed by atoms with Crippen molar-refractivity contribution < 1.29 is 0 Å². The van der Waals surface area contributed by atoms with E-state index in [1.54, 1.807) is 0 Å². The van der Waals surface area contributed by atoms with Crippen LogP contribution in [-0.4, -0.2) is 12.8 Å². The summed E-state index contributed by atoms with van der Waals surface area (Å²) < 4.78 is 0. The predicted octanol–water partition coefficient (Wildman–Crippen LogP) is 2.74. The molecule has 1 aromatic carbocycles. The van der Waals surface area contributed by atoms with E-state index < -0.39 is 0 Å². The van der Waals surface area contributed by atoms with Gasteiger partial charge in [-0.25, -0.2) is 0 Å². The molecule has 0 aliphatic heterocycles. The number of aliphatic imine (C=N–C) groups is 1. The highest BCUT2D eigenvalue weighted by molar-refractivity contribution is 5.83. The highest BCUT2D eigenvalue weighted by Crippen LogP contribution is 2.10. The second kappa shape index (κ2) is 4.05. The summed E-state index contributed by atoms with van der Waals surface area (Å²) in [6.07, 6.45) is 1.96. The Labute approximate surface area is 74.2 Å². The molecule has 0 spiro atoms. The summed E-state index contributed by atoms with van der Waals surface area (Å²) >= 11 is 0. The van der Waals surface area contributed by atoms with Crippen molar-refractivity contribution in [3.05, 3.63) is 34.9 Å². The van der Waals surface area contributed by atoms with Crippen molar-refractivity contribution in [3.8, 4) is 0 Å². The number of hydrogen-bond acceptors (Lipinski definition) is 1. The van der Waals surface area contributed by atoms with E-state index in [2.05, 4.69) is 37.0 Å². The molecule has 0 aliphatic rings. The lowest BCUT2D eigenvalue weighted by Gasteiger charge is -2.02. The van der Waals surface area contributed by atoms with Crippen LogP contribution in [0.15, 0.2) is 23.2 Å². The second-order valence-corrected chi connectivity index (χ2v) is 2.93. The molecule has 0 unspecified atom stereocenters. The van der Waals surface area contributed by atoms with Gasteiger partial charge in [-0.2, -0.15) is 0 Å². The van der Waals surface area contributed by atoms with Gasteiger partial charge in [-0.15, -0.1) is 0 Å². The van der Waals surface area contributed by atoms with Crippen molar-refractivity contribution >= 4 is 6.21 Å². The maximum absolute atomic E-state index is 4.24. The topological polar surface area (TPSA) is 12.4 Å². The zero-order chi connectivity index (χ0) is 8.97. The smallest absolute Gasteiger partial charge is 0.0361 e. The first kappa shape index (κ1) is 8.98. The van der Waals surface area contributed by atoms with Crippen LogP contribution in [0.4, 0.5) is 0 Å². The molecule has 0 bridgehead atoms. The maximum atomic E-state index is 4.24. The minimum atomic E-state index is 0.855. The fourth-order valence-corrected chi connectivity index (χ4v) is 1.21. The van der Waals surface area contributed by atoms with Crippen LogP contribution in [0.2, 0.25) is 0 Å². The second-order valence-electron chi connectivity index (χ2n) is 2.93. The lowest BCUT2D eigenvalue weighted by Crippen LogP contribution is -1.91.